The summed E-state index contributed by atoms with van der Waals surface area (Å²) in [7, 11) is 4.93. The zero-order chi connectivity index (χ0) is 28.6. The van der Waals surface area contributed by atoms with Crippen LogP contribution in [0.5, 0.6) is 5.75 Å². The molecule has 2 aliphatic carbocycles. The highest BCUT2D eigenvalue weighted by Gasteiger charge is 2.54. The summed E-state index contributed by atoms with van der Waals surface area (Å²) in [5, 5.41) is 3.65. The third-order valence-electron chi connectivity index (χ3n) is 8.86. The van der Waals surface area contributed by atoms with Crippen molar-refractivity contribution < 1.29 is 19.1 Å². The van der Waals surface area contributed by atoms with Gasteiger partial charge < -0.3 is 19.7 Å². The maximum Gasteiger partial charge on any atom is 0.306 e. The molecule has 1 fully saturated rings. The summed E-state index contributed by atoms with van der Waals surface area (Å²) in [6.07, 6.45) is 3.91. The van der Waals surface area contributed by atoms with E-state index in [4.69, 9.17) is 9.47 Å². The number of hydrogen-bond acceptors (Lipinski definition) is 5. The Morgan fingerprint density at radius 3 is 2.40 bits per heavy atom. The average molecular weight is 541 g/mol. The number of amides is 1. The van der Waals surface area contributed by atoms with Crippen LogP contribution in [0.25, 0.3) is 11.1 Å². The monoisotopic (exact) mass is 540 g/mol. The number of ether oxygens (including phenoxy) is 2. The van der Waals surface area contributed by atoms with Crippen LogP contribution in [0.2, 0.25) is 0 Å². The number of nitrogens with one attached hydrogen (secondary N) is 1. The number of anilines is 1. The molecule has 0 heterocycles. The van der Waals surface area contributed by atoms with Crippen LogP contribution in [-0.2, 0) is 27.3 Å². The van der Waals surface area contributed by atoms with Gasteiger partial charge in [-0.25, -0.2) is 0 Å². The zero-order valence-corrected chi connectivity index (χ0v) is 24.5. The first-order chi connectivity index (χ1) is 19.1. The molecule has 2 aliphatic rings. The number of hydrogen-bond donors (Lipinski definition) is 1. The molecule has 210 valence electrons. The van der Waals surface area contributed by atoms with Crippen LogP contribution in [0.4, 0.5) is 5.69 Å². The van der Waals surface area contributed by atoms with Crippen LogP contribution in [0.15, 0.2) is 48.5 Å². The molecular formula is C34H40N2O4. The number of aryl methyl sites for hydroxylation is 2. The number of likely N-dealkylation sites (N-methyl/N-ethyl adjacent to an activating group) is 1. The fourth-order valence-corrected chi connectivity index (χ4v) is 6.35. The Morgan fingerprint density at radius 2 is 1.75 bits per heavy atom. The van der Waals surface area contributed by atoms with Crippen LogP contribution in [-0.4, -0.2) is 44.6 Å². The van der Waals surface area contributed by atoms with E-state index in [0.29, 0.717) is 12.2 Å². The molecule has 1 N–H and O–H groups in total. The molecule has 0 aromatic heterocycles. The van der Waals surface area contributed by atoms with E-state index in [9.17, 15) is 9.59 Å². The number of rotatable bonds is 9. The summed E-state index contributed by atoms with van der Waals surface area (Å²) < 4.78 is 10.8. The number of esters is 1. The molecule has 5 rings (SSSR count). The lowest BCUT2D eigenvalue weighted by Crippen LogP contribution is -2.27. The molecule has 3 aromatic carbocycles. The number of methoxy groups -OCH3 is 1. The van der Waals surface area contributed by atoms with E-state index in [1.165, 1.54) is 58.2 Å². The van der Waals surface area contributed by atoms with E-state index in [1.807, 2.05) is 12.1 Å². The maximum absolute atomic E-state index is 12.1. The Hall–Kier alpha value is -3.80. The van der Waals surface area contributed by atoms with Gasteiger partial charge in [0.25, 0.3) is 5.91 Å². The van der Waals surface area contributed by atoms with Gasteiger partial charge >= 0.3 is 5.97 Å². The lowest BCUT2D eigenvalue weighted by atomic mass is 9.87. The third-order valence-corrected chi connectivity index (χ3v) is 8.86. The van der Waals surface area contributed by atoms with Crippen molar-refractivity contribution in [1.82, 2.24) is 4.90 Å². The van der Waals surface area contributed by atoms with Gasteiger partial charge in [0.15, 0.2) is 6.61 Å². The summed E-state index contributed by atoms with van der Waals surface area (Å²) in [4.78, 5) is 25.5. The first-order valence-electron chi connectivity index (χ1n) is 14.1. The van der Waals surface area contributed by atoms with Gasteiger partial charge in [0.05, 0.1) is 13.5 Å². The SMILES string of the molecule is COC(=O)CC1c2ccc(NCc3cccc(-c4c(C)cc(OCC(=O)N(C)C)cc4C)c3C)cc2CC12CC2. The van der Waals surface area contributed by atoms with Crippen LogP contribution >= 0.6 is 0 Å². The van der Waals surface area contributed by atoms with Gasteiger partial charge in [0.1, 0.15) is 5.75 Å². The van der Waals surface area contributed by atoms with Crippen LogP contribution in [0, 0.1) is 26.2 Å². The van der Waals surface area contributed by atoms with Crippen molar-refractivity contribution in [2.75, 3.05) is 33.1 Å². The number of benzene rings is 3. The molecule has 0 radical (unpaired) electrons. The molecule has 6 nitrogen and oxygen atoms in total. The molecular weight excluding hydrogens is 500 g/mol. The minimum absolute atomic E-state index is 0.0288. The van der Waals surface area contributed by atoms with Crippen molar-refractivity contribution in [3.8, 4) is 16.9 Å². The van der Waals surface area contributed by atoms with Gasteiger partial charge in [0.2, 0.25) is 0 Å². The highest BCUT2D eigenvalue weighted by molar-refractivity contribution is 5.78. The third kappa shape index (κ3) is 5.45. The Morgan fingerprint density at radius 1 is 1.02 bits per heavy atom. The maximum atomic E-state index is 12.1. The highest BCUT2D eigenvalue weighted by Crippen LogP contribution is 2.64. The Balaban J connectivity index is 1.31. The van der Waals surface area contributed by atoms with Crippen molar-refractivity contribution >= 4 is 17.6 Å². The molecule has 6 heteroatoms. The molecule has 0 bridgehead atoms. The first-order valence-corrected chi connectivity index (χ1v) is 14.1. The summed E-state index contributed by atoms with van der Waals surface area (Å²) in [6, 6.07) is 17.1. The van der Waals surface area contributed by atoms with Gasteiger partial charge in [0, 0.05) is 32.2 Å². The Kier molecular flexibility index (Phi) is 7.63. The normalized spacial score (nSPS) is 16.4. The van der Waals surface area contributed by atoms with Gasteiger partial charge in [-0.1, -0.05) is 24.3 Å². The van der Waals surface area contributed by atoms with E-state index in [1.54, 1.807) is 14.1 Å². The van der Waals surface area contributed by atoms with Crippen molar-refractivity contribution in [3.63, 3.8) is 0 Å². The molecule has 1 saturated carbocycles. The predicted octanol–water partition coefficient (Wildman–Crippen LogP) is 6.34. The molecule has 0 aliphatic heterocycles. The second-order valence-corrected chi connectivity index (χ2v) is 11.7. The predicted molar refractivity (Wildman–Crippen MR) is 159 cm³/mol. The van der Waals surface area contributed by atoms with Gasteiger partial charge in [-0.2, -0.15) is 0 Å². The first kappa shape index (κ1) is 27.8. The standard InChI is InChI=1S/C34H40N2O4/c1-21-14-27(40-20-31(37)36(4)5)15-22(2)33(21)28-9-7-8-24(23(28)3)19-35-26-10-11-29-25(16-26)18-34(12-13-34)30(29)17-32(38)39-6/h7-11,14-16,30,35H,12-13,17-20H2,1-6H3. The summed E-state index contributed by atoms with van der Waals surface area (Å²) >= 11 is 0. The van der Waals surface area contributed by atoms with Crippen molar-refractivity contribution in [1.29, 1.82) is 0 Å². The summed E-state index contributed by atoms with van der Waals surface area (Å²) in [6.45, 7) is 7.13. The molecule has 1 spiro atoms. The number of fused-ring (bicyclic) bond motifs is 1. The van der Waals surface area contributed by atoms with Crippen molar-refractivity contribution in [3.05, 3.63) is 81.9 Å². The number of carbonyl (C=O) groups is 2. The Bertz CT molecular complexity index is 1430. The second-order valence-electron chi connectivity index (χ2n) is 11.7. The summed E-state index contributed by atoms with van der Waals surface area (Å²) in [5.74, 6) is 0.808. The summed E-state index contributed by atoms with van der Waals surface area (Å²) in [5.41, 5.74) is 11.2. The lowest BCUT2D eigenvalue weighted by molar-refractivity contribution is -0.141. The second kappa shape index (κ2) is 11.0. The average Bonchev–Trinajstić information content (AvgIpc) is 3.63. The highest BCUT2D eigenvalue weighted by atomic mass is 16.5. The van der Waals surface area contributed by atoms with Gasteiger partial charge in [-0.3, -0.25) is 9.59 Å². The molecule has 40 heavy (non-hydrogen) atoms. The van der Waals surface area contributed by atoms with E-state index in [0.717, 1.165) is 29.8 Å². The molecule has 1 atom stereocenters. The fraction of sp³-hybridized carbons (Fsp3) is 0.412. The zero-order valence-electron chi connectivity index (χ0n) is 24.5. The molecule has 0 saturated heterocycles. The number of nitrogens with zero attached hydrogens (tertiary/aromatic N) is 1. The van der Waals surface area contributed by atoms with Gasteiger partial charge in [-0.05, 0) is 114 Å². The fourth-order valence-electron chi connectivity index (χ4n) is 6.35. The van der Waals surface area contributed by atoms with E-state index in [2.05, 4.69) is 62.5 Å². The largest absolute Gasteiger partial charge is 0.484 e. The van der Waals surface area contributed by atoms with Crippen LogP contribution in [0.3, 0.4) is 0 Å². The number of carbonyl (C=O) groups excluding carboxylic acids is 2. The molecule has 3 aromatic rings. The molecule has 1 unspecified atom stereocenters. The van der Waals surface area contributed by atoms with Crippen molar-refractivity contribution in [2.24, 2.45) is 5.41 Å². The topological polar surface area (TPSA) is 67.9 Å². The van der Waals surface area contributed by atoms with Crippen LogP contribution < -0.4 is 10.1 Å². The Labute approximate surface area is 237 Å². The quantitative estimate of drug-likeness (QED) is 0.321. The van der Waals surface area contributed by atoms with E-state index >= 15 is 0 Å². The van der Waals surface area contributed by atoms with E-state index < -0.39 is 0 Å². The van der Waals surface area contributed by atoms with Crippen LogP contribution in [0.1, 0.15) is 58.6 Å². The van der Waals surface area contributed by atoms with Gasteiger partial charge in [-0.15, -0.1) is 0 Å². The van der Waals surface area contributed by atoms with E-state index in [-0.39, 0.29) is 29.8 Å². The lowest BCUT2D eigenvalue weighted by Gasteiger charge is -2.19. The smallest absolute Gasteiger partial charge is 0.306 e. The minimum Gasteiger partial charge on any atom is -0.484 e. The van der Waals surface area contributed by atoms with Crippen molar-refractivity contribution in [2.45, 2.75) is 58.9 Å². The molecule has 1 amide bonds. The minimum atomic E-state index is -0.117.